The van der Waals surface area contributed by atoms with Crippen molar-refractivity contribution < 1.29 is 28.5 Å². The van der Waals surface area contributed by atoms with Crippen LogP contribution in [0.3, 0.4) is 0 Å². The lowest BCUT2D eigenvalue weighted by molar-refractivity contribution is 0.0161. The fourth-order valence-corrected chi connectivity index (χ4v) is 2.79. The zero-order valence-electron chi connectivity index (χ0n) is 15.9. The monoisotopic (exact) mass is 384 g/mol. The van der Waals surface area contributed by atoms with Gasteiger partial charge in [0.1, 0.15) is 18.1 Å². The van der Waals surface area contributed by atoms with Crippen molar-refractivity contribution in [3.63, 3.8) is 0 Å². The Hall–Kier alpha value is -2.86. The Morgan fingerprint density at radius 2 is 1.86 bits per heavy atom. The van der Waals surface area contributed by atoms with E-state index in [1.807, 2.05) is 6.92 Å². The molecule has 2 aromatic rings. The van der Waals surface area contributed by atoms with E-state index in [-0.39, 0.29) is 18.5 Å². The van der Waals surface area contributed by atoms with Crippen LogP contribution >= 0.6 is 0 Å². The summed E-state index contributed by atoms with van der Waals surface area (Å²) in [5.74, 6) is 0.00926. The van der Waals surface area contributed by atoms with Gasteiger partial charge < -0.3 is 18.9 Å². The van der Waals surface area contributed by atoms with Crippen LogP contribution in [0.25, 0.3) is 0 Å². The normalized spacial score (nSPS) is 15.8. The van der Waals surface area contributed by atoms with Crippen LogP contribution < -0.4 is 9.47 Å². The molecule has 1 heterocycles. The summed E-state index contributed by atoms with van der Waals surface area (Å²) in [5.41, 5.74) is 0.724. The number of rotatable bonds is 8. The van der Waals surface area contributed by atoms with E-state index in [0.29, 0.717) is 30.1 Å². The van der Waals surface area contributed by atoms with Crippen LogP contribution in [-0.4, -0.2) is 37.9 Å². The third-order valence-corrected chi connectivity index (χ3v) is 4.27. The summed E-state index contributed by atoms with van der Waals surface area (Å²) in [6, 6.07) is 13.1. The Balaban J connectivity index is 1.57. The highest BCUT2D eigenvalue weighted by Gasteiger charge is 2.18. The first-order valence-corrected chi connectivity index (χ1v) is 9.49. The van der Waals surface area contributed by atoms with E-state index in [9.17, 15) is 9.59 Å². The maximum absolute atomic E-state index is 12.3. The van der Waals surface area contributed by atoms with Gasteiger partial charge in [-0.15, -0.1) is 0 Å². The molecule has 0 bridgehead atoms. The van der Waals surface area contributed by atoms with E-state index in [2.05, 4.69) is 0 Å². The average molecular weight is 384 g/mol. The second-order valence-corrected chi connectivity index (χ2v) is 6.52. The van der Waals surface area contributed by atoms with Crippen LogP contribution in [0.4, 0.5) is 0 Å². The number of benzene rings is 2. The zero-order chi connectivity index (χ0) is 19.8. The third kappa shape index (κ3) is 5.57. The van der Waals surface area contributed by atoms with Crippen molar-refractivity contribution in [1.29, 1.82) is 0 Å². The Morgan fingerprint density at radius 3 is 2.57 bits per heavy atom. The maximum Gasteiger partial charge on any atom is 0.343 e. The molecule has 6 nitrogen and oxygen atoms in total. The largest absolute Gasteiger partial charge is 0.494 e. The van der Waals surface area contributed by atoms with Gasteiger partial charge in [-0.1, -0.05) is 13.0 Å². The summed E-state index contributed by atoms with van der Waals surface area (Å²) in [5, 5.41) is 0. The number of hydrogen-bond acceptors (Lipinski definition) is 6. The minimum absolute atomic E-state index is 0.0331. The molecule has 6 heteroatoms. The summed E-state index contributed by atoms with van der Waals surface area (Å²) >= 11 is 0. The molecule has 28 heavy (non-hydrogen) atoms. The molecule has 0 N–H and O–H groups in total. The van der Waals surface area contributed by atoms with E-state index in [4.69, 9.17) is 18.9 Å². The zero-order valence-corrected chi connectivity index (χ0v) is 15.9. The fourth-order valence-electron chi connectivity index (χ4n) is 2.79. The van der Waals surface area contributed by atoms with E-state index in [1.54, 1.807) is 42.5 Å². The lowest BCUT2D eigenvalue weighted by Crippen LogP contribution is -2.18. The van der Waals surface area contributed by atoms with Gasteiger partial charge in [0.05, 0.1) is 23.8 Å². The fraction of sp³-hybridized carbons (Fsp3) is 0.364. The molecule has 148 valence electrons. The first-order valence-electron chi connectivity index (χ1n) is 9.49. The number of carbonyl (C=O) groups excluding carboxylic acids is 2. The van der Waals surface area contributed by atoms with E-state index >= 15 is 0 Å². The van der Waals surface area contributed by atoms with Crippen LogP contribution in [-0.2, 0) is 9.47 Å². The summed E-state index contributed by atoms with van der Waals surface area (Å²) in [4.78, 5) is 24.5. The second kappa shape index (κ2) is 9.90. The molecule has 1 atom stereocenters. The van der Waals surface area contributed by atoms with Crippen molar-refractivity contribution >= 4 is 11.9 Å². The quantitative estimate of drug-likeness (QED) is 0.505. The Morgan fingerprint density at radius 1 is 1.04 bits per heavy atom. The van der Waals surface area contributed by atoms with Gasteiger partial charge in [-0.2, -0.15) is 0 Å². The van der Waals surface area contributed by atoms with Gasteiger partial charge >= 0.3 is 11.9 Å². The van der Waals surface area contributed by atoms with Crippen molar-refractivity contribution in [3.05, 3.63) is 59.7 Å². The van der Waals surface area contributed by atoms with Gasteiger partial charge in [0.15, 0.2) is 0 Å². The molecule has 1 fully saturated rings. The molecule has 1 aliphatic rings. The molecule has 0 amide bonds. The molecule has 2 aromatic carbocycles. The predicted octanol–water partition coefficient (Wildman–Crippen LogP) is 4.03. The molecule has 1 aliphatic heterocycles. The van der Waals surface area contributed by atoms with E-state index < -0.39 is 11.9 Å². The summed E-state index contributed by atoms with van der Waals surface area (Å²) in [6.45, 7) is 3.59. The van der Waals surface area contributed by atoms with E-state index in [0.717, 1.165) is 19.3 Å². The second-order valence-electron chi connectivity index (χ2n) is 6.52. The van der Waals surface area contributed by atoms with Crippen LogP contribution in [0.2, 0.25) is 0 Å². The van der Waals surface area contributed by atoms with Crippen molar-refractivity contribution in [3.8, 4) is 11.5 Å². The first kappa shape index (κ1) is 19.9. The van der Waals surface area contributed by atoms with Crippen LogP contribution in [0.5, 0.6) is 11.5 Å². The van der Waals surface area contributed by atoms with Gasteiger partial charge in [0, 0.05) is 6.61 Å². The van der Waals surface area contributed by atoms with Crippen molar-refractivity contribution in [2.24, 2.45) is 0 Å². The first-order chi connectivity index (χ1) is 13.7. The highest BCUT2D eigenvalue weighted by atomic mass is 16.6. The van der Waals surface area contributed by atoms with Crippen LogP contribution in [0, 0.1) is 0 Å². The SMILES string of the molecule is CCCOc1ccc(C(=O)Oc2cccc(C(=O)OCC3CCCO3)c2)cc1. The molecule has 1 unspecified atom stereocenters. The highest BCUT2D eigenvalue weighted by Crippen LogP contribution is 2.19. The molecule has 0 aromatic heterocycles. The van der Waals surface area contributed by atoms with Crippen molar-refractivity contribution in [2.45, 2.75) is 32.3 Å². The maximum atomic E-state index is 12.3. The number of esters is 2. The van der Waals surface area contributed by atoms with Gasteiger partial charge in [0.25, 0.3) is 0 Å². The standard InChI is InChI=1S/C22H24O6/c1-2-12-25-18-10-8-16(9-11-18)22(24)28-19-6-3-5-17(14-19)21(23)27-15-20-7-4-13-26-20/h3,5-6,8-11,14,20H,2,4,7,12-13,15H2,1H3. The third-order valence-electron chi connectivity index (χ3n) is 4.27. The molecule has 0 radical (unpaired) electrons. The van der Waals surface area contributed by atoms with Gasteiger partial charge in [0.2, 0.25) is 0 Å². The Kier molecular flexibility index (Phi) is 7.03. The molecule has 3 rings (SSSR count). The van der Waals surface area contributed by atoms with Crippen molar-refractivity contribution in [2.75, 3.05) is 19.8 Å². The summed E-state index contributed by atoms with van der Waals surface area (Å²) in [6.07, 6.45) is 2.76. The molecule has 0 aliphatic carbocycles. The topological polar surface area (TPSA) is 71.1 Å². The van der Waals surface area contributed by atoms with Gasteiger partial charge in [-0.25, -0.2) is 9.59 Å². The lowest BCUT2D eigenvalue weighted by Gasteiger charge is -2.11. The van der Waals surface area contributed by atoms with E-state index in [1.165, 1.54) is 6.07 Å². The summed E-state index contributed by atoms with van der Waals surface area (Å²) in [7, 11) is 0. The summed E-state index contributed by atoms with van der Waals surface area (Å²) < 4.78 is 21.6. The number of carbonyl (C=O) groups is 2. The van der Waals surface area contributed by atoms with Crippen LogP contribution in [0.15, 0.2) is 48.5 Å². The molecule has 1 saturated heterocycles. The van der Waals surface area contributed by atoms with Crippen molar-refractivity contribution in [1.82, 2.24) is 0 Å². The van der Waals surface area contributed by atoms with Gasteiger partial charge in [-0.3, -0.25) is 0 Å². The minimum Gasteiger partial charge on any atom is -0.494 e. The highest BCUT2D eigenvalue weighted by molar-refractivity contribution is 5.92. The molecular weight excluding hydrogens is 360 g/mol. The molecule has 0 spiro atoms. The Labute approximate surface area is 164 Å². The average Bonchev–Trinajstić information content (AvgIpc) is 3.24. The number of ether oxygens (including phenoxy) is 4. The molecular formula is C22H24O6. The lowest BCUT2D eigenvalue weighted by atomic mass is 10.2. The van der Waals surface area contributed by atoms with Crippen LogP contribution in [0.1, 0.15) is 46.9 Å². The molecule has 0 saturated carbocycles. The Bertz CT molecular complexity index is 793. The minimum atomic E-state index is -0.507. The number of hydrogen-bond donors (Lipinski definition) is 0. The smallest absolute Gasteiger partial charge is 0.343 e. The van der Waals surface area contributed by atoms with Gasteiger partial charge in [-0.05, 0) is 61.7 Å². The predicted molar refractivity (Wildman–Crippen MR) is 103 cm³/mol.